The zero-order chi connectivity index (χ0) is 31.0. The second kappa shape index (κ2) is 10.5. The van der Waals surface area contributed by atoms with Crippen LogP contribution in [0.25, 0.3) is 61.9 Å². The van der Waals surface area contributed by atoms with Gasteiger partial charge in [-0.2, -0.15) is 0 Å². The third-order valence-corrected chi connectivity index (χ3v) is 17.2. The predicted octanol–water partition coefficient (Wildman–Crippen LogP) is 10.1. The molecule has 2 heterocycles. The van der Waals surface area contributed by atoms with Gasteiger partial charge in [-0.05, 0) is 65.2 Å². The fraction of sp³-hybridized carbons (Fsp3) is 0. The minimum Gasteiger partial charge on any atom is -0.124 e. The van der Waals surface area contributed by atoms with Crippen LogP contribution in [0.1, 0.15) is 0 Å². The maximum atomic E-state index is 2.56. The van der Waals surface area contributed by atoms with E-state index in [-0.39, 0.29) is 0 Å². The van der Waals surface area contributed by atoms with Crippen molar-refractivity contribution < 1.29 is 0 Å². The summed E-state index contributed by atoms with van der Waals surface area (Å²) in [7, 11) is -2.79. The van der Waals surface area contributed by atoms with Crippen molar-refractivity contribution in [2.75, 3.05) is 0 Å². The number of benzene rings is 8. The van der Waals surface area contributed by atoms with Crippen LogP contribution in [0.3, 0.4) is 0 Å². The van der Waals surface area contributed by atoms with E-state index in [4.69, 9.17) is 0 Å². The van der Waals surface area contributed by atoms with E-state index in [1.54, 1.807) is 0 Å². The molecule has 0 radical (unpaired) electrons. The number of fused-ring (bicyclic) bond motifs is 11. The molecule has 0 aliphatic rings. The Morgan fingerprint density at radius 1 is 0.298 bits per heavy atom. The molecule has 0 aliphatic carbocycles. The van der Waals surface area contributed by atoms with E-state index < -0.39 is 8.07 Å². The molecule has 0 unspecified atom stereocenters. The van der Waals surface area contributed by atoms with Crippen molar-refractivity contribution in [1.29, 1.82) is 0 Å². The van der Waals surface area contributed by atoms with Crippen molar-refractivity contribution in [2.45, 2.75) is 0 Å². The number of hydrogen-bond acceptors (Lipinski definition) is 2. The van der Waals surface area contributed by atoms with Gasteiger partial charge in [0.1, 0.15) is 0 Å². The molecule has 47 heavy (non-hydrogen) atoms. The highest BCUT2D eigenvalue weighted by molar-refractivity contribution is 7.44. The molecule has 3 heteroatoms. The van der Waals surface area contributed by atoms with Gasteiger partial charge < -0.3 is 0 Å². The van der Waals surface area contributed by atoms with Crippen LogP contribution < -0.4 is 20.7 Å². The summed E-state index contributed by atoms with van der Waals surface area (Å²) >= 11 is 3.86. The van der Waals surface area contributed by atoms with Gasteiger partial charge in [0.25, 0.3) is 0 Å². The molecule has 0 saturated heterocycles. The average Bonchev–Trinajstić information content (AvgIpc) is 3.69. The molecule has 0 saturated carbocycles. The summed E-state index contributed by atoms with van der Waals surface area (Å²) in [4.78, 5) is 0. The molecule has 0 N–H and O–H groups in total. The first-order valence-corrected chi connectivity index (χ1v) is 19.7. The van der Waals surface area contributed by atoms with Crippen LogP contribution in [0.5, 0.6) is 0 Å². The van der Waals surface area contributed by atoms with Gasteiger partial charge in [-0.1, -0.05) is 158 Å². The van der Waals surface area contributed by atoms with E-state index in [0.29, 0.717) is 0 Å². The van der Waals surface area contributed by atoms with Gasteiger partial charge in [-0.3, -0.25) is 0 Å². The lowest BCUT2D eigenvalue weighted by Crippen LogP contribution is -2.74. The Hall–Kier alpha value is -5.06. The van der Waals surface area contributed by atoms with E-state index in [9.17, 15) is 0 Å². The van der Waals surface area contributed by atoms with Gasteiger partial charge in [0.15, 0.2) is 8.07 Å². The van der Waals surface area contributed by atoms with Crippen molar-refractivity contribution in [1.82, 2.24) is 0 Å². The van der Waals surface area contributed by atoms with Gasteiger partial charge >= 0.3 is 0 Å². The van der Waals surface area contributed by atoms with E-state index in [0.717, 1.165) is 0 Å². The third-order valence-electron chi connectivity index (χ3n) is 10.0. The summed E-state index contributed by atoms with van der Waals surface area (Å²) in [6, 6.07) is 64.2. The minimum atomic E-state index is -2.79. The van der Waals surface area contributed by atoms with Crippen LogP contribution in [0, 0.1) is 0 Å². The fourth-order valence-electron chi connectivity index (χ4n) is 8.01. The maximum Gasteiger partial charge on any atom is 0.179 e. The molecule has 0 nitrogen and oxygen atoms in total. The summed E-state index contributed by atoms with van der Waals surface area (Å²) in [6.45, 7) is 0. The molecule has 0 atom stereocenters. The van der Waals surface area contributed by atoms with Crippen LogP contribution in [0.4, 0.5) is 0 Å². The average molecular weight is 649 g/mol. The summed E-state index contributed by atoms with van der Waals surface area (Å²) in [5.74, 6) is 0. The van der Waals surface area contributed by atoms with Gasteiger partial charge in [0.05, 0.1) is 4.01 Å². The summed E-state index contributed by atoms with van der Waals surface area (Å²) < 4.78 is 4.14. The van der Waals surface area contributed by atoms with Gasteiger partial charge in [-0.25, -0.2) is 0 Å². The van der Waals surface area contributed by atoms with Crippen molar-refractivity contribution in [3.63, 3.8) is 0 Å². The molecule has 0 spiro atoms. The Labute approximate surface area is 281 Å². The van der Waals surface area contributed by atoms with Crippen LogP contribution >= 0.6 is 22.7 Å². The zero-order valence-corrected chi connectivity index (χ0v) is 28.1. The Kier molecular flexibility index (Phi) is 6.04. The molecular weight excluding hydrogens is 621 g/mol. The quantitative estimate of drug-likeness (QED) is 0.101. The third kappa shape index (κ3) is 3.91. The molecule has 0 aliphatic heterocycles. The van der Waals surface area contributed by atoms with Gasteiger partial charge in [0.2, 0.25) is 0 Å². The van der Waals surface area contributed by atoms with Crippen LogP contribution in [0.2, 0.25) is 0 Å². The standard InChI is InChI=1S/C44H28S2Si/c1-3-13-29(14-4-1)47(30-15-5-2-6-16-30,32-24-26-42-40(28-32)43-38-21-11-12-22-41(38)45-44(43)46-42)31-23-25-37-35-19-8-7-17-33(35)34-18-9-10-20-36(34)39(37)27-31/h1-28H. The van der Waals surface area contributed by atoms with Crippen LogP contribution in [0.15, 0.2) is 170 Å². The number of hydrogen-bond donors (Lipinski definition) is 0. The van der Waals surface area contributed by atoms with E-state index in [1.807, 2.05) is 22.7 Å². The normalized spacial score (nSPS) is 12.3. The molecular formula is C44H28S2Si. The highest BCUT2D eigenvalue weighted by Gasteiger charge is 2.42. The Bertz CT molecular complexity index is 2720. The van der Waals surface area contributed by atoms with Gasteiger partial charge in [-0.15, -0.1) is 22.7 Å². The molecule has 2 aromatic heterocycles. The smallest absolute Gasteiger partial charge is 0.124 e. The number of rotatable bonds is 4. The van der Waals surface area contributed by atoms with Crippen molar-refractivity contribution in [3.05, 3.63) is 170 Å². The highest BCUT2D eigenvalue weighted by Crippen LogP contribution is 2.44. The predicted molar refractivity (Wildman–Crippen MR) is 211 cm³/mol. The molecule has 10 aromatic rings. The molecule has 8 aromatic carbocycles. The summed E-state index contributed by atoms with van der Waals surface area (Å²) in [5.41, 5.74) is 0. The lowest BCUT2D eigenvalue weighted by Gasteiger charge is -2.35. The lowest BCUT2D eigenvalue weighted by molar-refractivity contribution is 1.69. The minimum absolute atomic E-state index is 1.31. The molecule has 220 valence electrons. The fourth-order valence-corrected chi connectivity index (χ4v) is 15.4. The number of thiophene rings is 2. The van der Waals surface area contributed by atoms with Crippen molar-refractivity contribution >= 4 is 113 Å². The summed E-state index contributed by atoms with van der Waals surface area (Å²) in [5, 5.41) is 17.7. The monoisotopic (exact) mass is 648 g/mol. The van der Waals surface area contributed by atoms with E-state index in [2.05, 4.69) is 170 Å². The Balaban J connectivity index is 1.36. The van der Waals surface area contributed by atoms with Gasteiger partial charge in [0, 0.05) is 25.6 Å². The highest BCUT2D eigenvalue weighted by atomic mass is 32.2. The maximum absolute atomic E-state index is 2.79. The Morgan fingerprint density at radius 2 is 0.723 bits per heavy atom. The van der Waals surface area contributed by atoms with Crippen LogP contribution in [-0.2, 0) is 0 Å². The van der Waals surface area contributed by atoms with Crippen LogP contribution in [-0.4, -0.2) is 8.07 Å². The topological polar surface area (TPSA) is 0 Å². The first-order valence-electron chi connectivity index (χ1n) is 16.1. The molecule has 0 fully saturated rings. The SMILES string of the molecule is c1ccc([Si](c2ccccc2)(c2ccc3c4ccccc4c4ccccc4c3c2)c2ccc3sc4sc5ccccc5c4c3c2)cc1. The lowest BCUT2D eigenvalue weighted by atomic mass is 9.94. The largest absolute Gasteiger partial charge is 0.179 e. The van der Waals surface area contributed by atoms with E-state index in [1.165, 1.54) is 82.6 Å². The molecule has 0 amide bonds. The Morgan fingerprint density at radius 3 is 1.32 bits per heavy atom. The second-order valence-electron chi connectivity index (χ2n) is 12.4. The van der Waals surface area contributed by atoms with Crippen molar-refractivity contribution in [3.8, 4) is 0 Å². The summed E-state index contributed by atoms with van der Waals surface area (Å²) in [6.07, 6.45) is 0. The zero-order valence-electron chi connectivity index (χ0n) is 25.5. The molecule has 0 bridgehead atoms. The first kappa shape index (κ1) is 27.1. The van der Waals surface area contributed by atoms with E-state index >= 15 is 0 Å². The first-order chi connectivity index (χ1) is 23.3. The molecule has 10 rings (SSSR count). The van der Waals surface area contributed by atoms with Crippen molar-refractivity contribution in [2.24, 2.45) is 0 Å². The second-order valence-corrected chi connectivity index (χ2v) is 18.6.